The van der Waals surface area contributed by atoms with Gasteiger partial charge < -0.3 is 10.2 Å². The number of halogens is 1. The van der Waals surface area contributed by atoms with Crippen molar-refractivity contribution in [3.05, 3.63) is 84.7 Å². The number of hydrogen-bond acceptors (Lipinski definition) is 2. The van der Waals surface area contributed by atoms with Gasteiger partial charge in [0.1, 0.15) is 5.50 Å². The zero-order valence-electron chi connectivity index (χ0n) is 14.3. The van der Waals surface area contributed by atoms with Crippen LogP contribution < -0.4 is 5.32 Å². The zero-order chi connectivity index (χ0) is 17.5. The Morgan fingerprint density at radius 2 is 1.65 bits per heavy atom. The molecule has 1 aliphatic heterocycles. The molecule has 3 heteroatoms. The molecular formula is C23H19ClN2. The third-order valence-electron chi connectivity index (χ3n) is 5.24. The summed E-state index contributed by atoms with van der Waals surface area (Å²) in [7, 11) is 0. The van der Waals surface area contributed by atoms with Crippen LogP contribution in [-0.4, -0.2) is 16.9 Å². The van der Waals surface area contributed by atoms with Crippen molar-refractivity contribution in [2.75, 3.05) is 6.54 Å². The second-order valence-corrected chi connectivity index (χ2v) is 7.30. The summed E-state index contributed by atoms with van der Waals surface area (Å²) < 4.78 is 0. The lowest BCUT2D eigenvalue weighted by Crippen LogP contribution is -2.37. The summed E-state index contributed by atoms with van der Waals surface area (Å²) in [6, 6.07) is 24.1. The van der Waals surface area contributed by atoms with Crippen molar-refractivity contribution in [2.24, 2.45) is 0 Å². The van der Waals surface area contributed by atoms with E-state index in [0.29, 0.717) is 0 Å². The van der Waals surface area contributed by atoms with Crippen molar-refractivity contribution in [2.45, 2.75) is 12.0 Å². The fraction of sp³-hybridized carbons (Fsp3) is 0.130. The van der Waals surface area contributed by atoms with E-state index in [9.17, 15) is 0 Å². The molecule has 1 atom stereocenters. The molecule has 1 N–H and O–H groups in total. The van der Waals surface area contributed by atoms with E-state index in [1.54, 1.807) is 0 Å². The average molecular weight is 359 g/mol. The first kappa shape index (κ1) is 15.5. The van der Waals surface area contributed by atoms with Gasteiger partial charge in [-0.3, -0.25) is 0 Å². The summed E-state index contributed by atoms with van der Waals surface area (Å²) in [5, 5.41) is 11.0. The fourth-order valence-corrected chi connectivity index (χ4v) is 4.18. The van der Waals surface area contributed by atoms with E-state index in [2.05, 4.69) is 76.9 Å². The van der Waals surface area contributed by atoms with Crippen LogP contribution in [0.15, 0.2) is 79.1 Å². The van der Waals surface area contributed by atoms with Gasteiger partial charge in [-0.2, -0.15) is 0 Å². The van der Waals surface area contributed by atoms with E-state index in [1.807, 2.05) is 12.4 Å². The summed E-state index contributed by atoms with van der Waals surface area (Å²) in [4.78, 5) is 2.19. The molecule has 5 rings (SSSR count). The molecule has 0 saturated carbocycles. The number of hydrogen-bond donors (Lipinski definition) is 1. The molecule has 0 fully saturated rings. The van der Waals surface area contributed by atoms with E-state index >= 15 is 0 Å². The van der Waals surface area contributed by atoms with E-state index < -0.39 is 0 Å². The molecule has 0 bridgehead atoms. The summed E-state index contributed by atoms with van der Waals surface area (Å²) in [5.41, 5.74) is 1.27. The Morgan fingerprint density at radius 3 is 2.58 bits per heavy atom. The van der Waals surface area contributed by atoms with Crippen molar-refractivity contribution in [3.8, 4) is 0 Å². The third kappa shape index (κ3) is 2.49. The zero-order valence-corrected chi connectivity index (χ0v) is 15.1. The first-order chi connectivity index (χ1) is 12.8. The van der Waals surface area contributed by atoms with Crippen LogP contribution in [0.2, 0.25) is 0 Å². The van der Waals surface area contributed by atoms with Crippen LogP contribution in [0.1, 0.15) is 5.56 Å². The van der Waals surface area contributed by atoms with Gasteiger partial charge in [0, 0.05) is 25.5 Å². The lowest BCUT2D eigenvalue weighted by molar-refractivity contribution is 0.320. The maximum absolute atomic E-state index is 6.49. The molecule has 0 spiro atoms. The SMILES string of the molecule is ClC1CNC=CN1Cc1cccc2ccc3c4ccccc4ccc3c12. The largest absolute Gasteiger partial charge is 0.386 e. The number of rotatable bonds is 2. The summed E-state index contributed by atoms with van der Waals surface area (Å²) in [6.07, 6.45) is 4.01. The van der Waals surface area contributed by atoms with Crippen LogP contribution in [0.3, 0.4) is 0 Å². The number of fused-ring (bicyclic) bond motifs is 5. The number of nitrogens with zero attached hydrogens (tertiary/aromatic N) is 1. The average Bonchev–Trinajstić information content (AvgIpc) is 2.69. The topological polar surface area (TPSA) is 15.3 Å². The standard InChI is InChI=1S/C23H19ClN2/c24-22-14-25-12-13-26(22)15-18-6-3-5-17-9-10-20-19-7-2-1-4-16(19)8-11-21(20)23(17)18/h1-13,22,25H,14-15H2. The van der Waals surface area contributed by atoms with Crippen LogP contribution in [0, 0.1) is 0 Å². The minimum absolute atomic E-state index is 0.0361. The number of benzene rings is 4. The summed E-state index contributed by atoms with van der Waals surface area (Å²) in [6.45, 7) is 1.56. The van der Waals surface area contributed by atoms with E-state index in [-0.39, 0.29) is 5.50 Å². The van der Waals surface area contributed by atoms with Crippen LogP contribution in [0.5, 0.6) is 0 Å². The van der Waals surface area contributed by atoms with Crippen LogP contribution >= 0.6 is 11.6 Å². The molecule has 1 heterocycles. The van der Waals surface area contributed by atoms with Crippen molar-refractivity contribution in [3.63, 3.8) is 0 Å². The van der Waals surface area contributed by atoms with E-state index in [0.717, 1.165) is 13.1 Å². The molecule has 1 unspecified atom stereocenters. The second-order valence-electron chi connectivity index (χ2n) is 6.79. The van der Waals surface area contributed by atoms with Gasteiger partial charge in [-0.15, -0.1) is 0 Å². The van der Waals surface area contributed by atoms with Crippen LogP contribution in [0.25, 0.3) is 32.3 Å². The van der Waals surface area contributed by atoms with Crippen LogP contribution in [-0.2, 0) is 6.54 Å². The van der Waals surface area contributed by atoms with E-state index in [1.165, 1.54) is 37.9 Å². The Balaban J connectivity index is 1.76. The Hall–Kier alpha value is -2.71. The summed E-state index contributed by atoms with van der Waals surface area (Å²) in [5.74, 6) is 0. The number of nitrogens with one attached hydrogen (secondary N) is 1. The van der Waals surface area contributed by atoms with Crippen molar-refractivity contribution in [1.82, 2.24) is 10.2 Å². The molecule has 1 aliphatic rings. The molecule has 0 aliphatic carbocycles. The molecule has 2 nitrogen and oxygen atoms in total. The Morgan fingerprint density at radius 1 is 0.846 bits per heavy atom. The molecule has 4 aromatic carbocycles. The van der Waals surface area contributed by atoms with Crippen molar-refractivity contribution < 1.29 is 0 Å². The molecule has 4 aromatic rings. The molecule has 26 heavy (non-hydrogen) atoms. The highest BCUT2D eigenvalue weighted by molar-refractivity contribution is 6.20. The predicted octanol–water partition coefficient (Wildman–Crippen LogP) is 5.59. The van der Waals surface area contributed by atoms with Gasteiger partial charge in [-0.25, -0.2) is 0 Å². The van der Waals surface area contributed by atoms with Crippen molar-refractivity contribution >= 4 is 43.9 Å². The lowest BCUT2D eigenvalue weighted by atomic mass is 9.94. The van der Waals surface area contributed by atoms with Gasteiger partial charge in [0.15, 0.2) is 0 Å². The van der Waals surface area contributed by atoms with Crippen LogP contribution in [0.4, 0.5) is 0 Å². The van der Waals surface area contributed by atoms with E-state index in [4.69, 9.17) is 11.6 Å². The van der Waals surface area contributed by atoms with Gasteiger partial charge in [-0.05, 0) is 37.9 Å². The molecule has 0 radical (unpaired) electrons. The molecule has 0 amide bonds. The predicted molar refractivity (Wildman–Crippen MR) is 111 cm³/mol. The Kier molecular flexibility index (Phi) is 3.72. The van der Waals surface area contributed by atoms with Gasteiger partial charge in [0.05, 0.1) is 0 Å². The summed E-state index contributed by atoms with van der Waals surface area (Å²) >= 11 is 6.49. The lowest BCUT2D eigenvalue weighted by Gasteiger charge is -2.30. The highest BCUT2D eigenvalue weighted by Crippen LogP contribution is 2.33. The number of alkyl halides is 1. The van der Waals surface area contributed by atoms with Gasteiger partial charge in [0.25, 0.3) is 0 Å². The minimum atomic E-state index is -0.0361. The second kappa shape index (κ2) is 6.22. The molecule has 0 saturated heterocycles. The third-order valence-corrected chi connectivity index (χ3v) is 5.64. The quantitative estimate of drug-likeness (QED) is 0.285. The maximum atomic E-state index is 6.49. The maximum Gasteiger partial charge on any atom is 0.121 e. The molecule has 0 aromatic heterocycles. The van der Waals surface area contributed by atoms with Gasteiger partial charge in [-0.1, -0.05) is 78.3 Å². The molecule has 128 valence electrons. The monoisotopic (exact) mass is 358 g/mol. The van der Waals surface area contributed by atoms with Crippen molar-refractivity contribution in [1.29, 1.82) is 0 Å². The van der Waals surface area contributed by atoms with Gasteiger partial charge in [0.2, 0.25) is 0 Å². The highest BCUT2D eigenvalue weighted by Gasteiger charge is 2.17. The first-order valence-electron chi connectivity index (χ1n) is 8.93. The normalized spacial score (nSPS) is 17.1. The smallest absolute Gasteiger partial charge is 0.121 e. The first-order valence-corrected chi connectivity index (χ1v) is 9.37. The Labute approximate surface area is 157 Å². The Bertz CT molecular complexity index is 1150. The fourth-order valence-electron chi connectivity index (χ4n) is 3.96. The highest BCUT2D eigenvalue weighted by atomic mass is 35.5. The minimum Gasteiger partial charge on any atom is -0.386 e. The molecular weight excluding hydrogens is 340 g/mol. The van der Waals surface area contributed by atoms with Gasteiger partial charge >= 0.3 is 0 Å².